The Morgan fingerprint density at radius 3 is 2.48 bits per heavy atom. The number of carbonyl (C=O) groups is 1. The fourth-order valence-electron chi connectivity index (χ4n) is 2.62. The van der Waals surface area contributed by atoms with E-state index in [4.69, 9.17) is 0 Å². The smallest absolute Gasteiger partial charge is 0.274 e. The molecule has 7 heteroatoms. The number of hydrogen-bond acceptors (Lipinski definition) is 4. The van der Waals surface area contributed by atoms with E-state index in [1.807, 2.05) is 6.92 Å². The van der Waals surface area contributed by atoms with Gasteiger partial charge in [-0.2, -0.15) is 0 Å². The van der Waals surface area contributed by atoms with Crippen LogP contribution >= 0.6 is 0 Å². The minimum Gasteiger partial charge on any atom is -0.320 e. The first-order chi connectivity index (χ1) is 12.9. The van der Waals surface area contributed by atoms with Gasteiger partial charge in [0.1, 0.15) is 16.4 Å². The molecule has 3 aromatic rings. The van der Waals surface area contributed by atoms with E-state index in [-0.39, 0.29) is 15.5 Å². The largest absolute Gasteiger partial charge is 0.320 e. The molecular weight excluding hydrogens is 367 g/mol. The van der Waals surface area contributed by atoms with Gasteiger partial charge in [-0.3, -0.25) is 9.78 Å². The summed E-state index contributed by atoms with van der Waals surface area (Å²) in [6.45, 7) is 1.84. The molecule has 0 aliphatic carbocycles. The number of aromatic nitrogens is 1. The quantitative estimate of drug-likeness (QED) is 0.725. The summed E-state index contributed by atoms with van der Waals surface area (Å²) in [5, 5.41) is 2.74. The maximum Gasteiger partial charge on any atom is 0.274 e. The number of anilines is 1. The van der Waals surface area contributed by atoms with E-state index in [0.717, 1.165) is 6.07 Å². The van der Waals surface area contributed by atoms with Gasteiger partial charge in [-0.05, 0) is 54.4 Å². The SMILES string of the molecule is CCc1cc(S(=O)(=O)c2ccccc2F)ccc1NC(=O)c1ccccn1. The third-order valence-electron chi connectivity index (χ3n) is 4.04. The third-order valence-corrected chi connectivity index (χ3v) is 5.82. The highest BCUT2D eigenvalue weighted by atomic mass is 32.2. The van der Waals surface area contributed by atoms with Gasteiger partial charge < -0.3 is 5.32 Å². The molecule has 2 aromatic carbocycles. The maximum absolute atomic E-state index is 13.9. The molecule has 0 bridgehead atoms. The van der Waals surface area contributed by atoms with Crippen molar-refractivity contribution in [1.29, 1.82) is 0 Å². The number of aryl methyl sites for hydroxylation is 1. The Hall–Kier alpha value is -3.06. The zero-order valence-electron chi connectivity index (χ0n) is 14.5. The molecule has 27 heavy (non-hydrogen) atoms. The Bertz CT molecular complexity index is 1080. The molecule has 1 N–H and O–H groups in total. The van der Waals surface area contributed by atoms with Crippen LogP contribution in [0.1, 0.15) is 23.0 Å². The summed E-state index contributed by atoms with van der Waals surface area (Å²) in [5.41, 5.74) is 1.36. The van der Waals surface area contributed by atoms with Crippen molar-refractivity contribution in [3.8, 4) is 0 Å². The molecular formula is C20H17FN2O3S. The number of nitrogens with zero attached hydrogens (tertiary/aromatic N) is 1. The van der Waals surface area contributed by atoms with Crippen LogP contribution in [0.2, 0.25) is 0 Å². The molecule has 0 atom stereocenters. The number of carbonyl (C=O) groups excluding carboxylic acids is 1. The van der Waals surface area contributed by atoms with Gasteiger partial charge in [0, 0.05) is 11.9 Å². The molecule has 0 aliphatic rings. The highest BCUT2D eigenvalue weighted by Gasteiger charge is 2.22. The van der Waals surface area contributed by atoms with Gasteiger partial charge in [0.25, 0.3) is 5.91 Å². The summed E-state index contributed by atoms with van der Waals surface area (Å²) < 4.78 is 39.4. The van der Waals surface area contributed by atoms with Gasteiger partial charge in [0.2, 0.25) is 9.84 Å². The van der Waals surface area contributed by atoms with Crippen molar-refractivity contribution in [2.45, 2.75) is 23.1 Å². The number of rotatable bonds is 5. The molecule has 0 spiro atoms. The van der Waals surface area contributed by atoms with Crippen molar-refractivity contribution in [2.24, 2.45) is 0 Å². The molecule has 0 unspecified atom stereocenters. The molecule has 0 fully saturated rings. The summed E-state index contributed by atoms with van der Waals surface area (Å²) in [4.78, 5) is 15.9. The first kappa shape index (κ1) is 18.7. The molecule has 0 saturated carbocycles. The van der Waals surface area contributed by atoms with E-state index >= 15 is 0 Å². The number of sulfone groups is 1. The van der Waals surface area contributed by atoms with E-state index in [9.17, 15) is 17.6 Å². The molecule has 1 aromatic heterocycles. The first-order valence-electron chi connectivity index (χ1n) is 8.28. The van der Waals surface area contributed by atoms with Crippen molar-refractivity contribution in [3.05, 3.63) is 83.9 Å². The standard InChI is InChI=1S/C20H17FN2O3S/c1-2-14-13-15(27(25,26)19-9-4-3-7-16(19)21)10-11-17(14)23-20(24)18-8-5-6-12-22-18/h3-13H,2H2,1H3,(H,23,24). The van der Waals surface area contributed by atoms with Crippen molar-refractivity contribution in [3.63, 3.8) is 0 Å². The number of nitrogens with one attached hydrogen (secondary N) is 1. The van der Waals surface area contributed by atoms with Gasteiger partial charge in [-0.25, -0.2) is 12.8 Å². The average molecular weight is 384 g/mol. The predicted molar refractivity (Wildman–Crippen MR) is 99.9 cm³/mol. The monoisotopic (exact) mass is 384 g/mol. The Balaban J connectivity index is 1.95. The van der Waals surface area contributed by atoms with Crippen molar-refractivity contribution in [2.75, 3.05) is 5.32 Å². The minimum absolute atomic E-state index is 0.0275. The van der Waals surface area contributed by atoms with Gasteiger partial charge in [-0.1, -0.05) is 25.1 Å². The summed E-state index contributed by atoms with van der Waals surface area (Å²) >= 11 is 0. The summed E-state index contributed by atoms with van der Waals surface area (Å²) in [6.07, 6.45) is 2.00. The van der Waals surface area contributed by atoms with E-state index in [2.05, 4.69) is 10.3 Å². The Kier molecular flexibility index (Phi) is 5.32. The number of benzene rings is 2. The summed E-state index contributed by atoms with van der Waals surface area (Å²) in [6, 6.07) is 14.5. The van der Waals surface area contributed by atoms with Gasteiger partial charge in [0.05, 0.1) is 4.90 Å². The van der Waals surface area contributed by atoms with Crippen molar-refractivity contribution >= 4 is 21.4 Å². The van der Waals surface area contributed by atoms with Crippen LogP contribution < -0.4 is 5.32 Å². The molecule has 0 radical (unpaired) electrons. The number of amides is 1. The van der Waals surface area contributed by atoms with E-state index in [1.54, 1.807) is 18.2 Å². The fraction of sp³-hybridized carbons (Fsp3) is 0.100. The van der Waals surface area contributed by atoms with Gasteiger partial charge in [0.15, 0.2) is 0 Å². The Morgan fingerprint density at radius 2 is 1.81 bits per heavy atom. The van der Waals surface area contributed by atoms with Crippen molar-refractivity contribution in [1.82, 2.24) is 4.98 Å². The lowest BCUT2D eigenvalue weighted by Crippen LogP contribution is -2.15. The van der Waals surface area contributed by atoms with E-state index in [0.29, 0.717) is 17.7 Å². The van der Waals surface area contributed by atoms with Crippen LogP contribution in [-0.4, -0.2) is 19.3 Å². The minimum atomic E-state index is -4.00. The zero-order chi connectivity index (χ0) is 19.4. The molecule has 0 saturated heterocycles. The van der Waals surface area contributed by atoms with Crippen LogP contribution in [0, 0.1) is 5.82 Å². The number of hydrogen-bond donors (Lipinski definition) is 1. The molecule has 1 amide bonds. The Labute approximate surface area is 156 Å². The van der Waals surface area contributed by atoms with E-state index in [1.165, 1.54) is 42.6 Å². The lowest BCUT2D eigenvalue weighted by molar-refractivity contribution is 0.102. The molecule has 138 valence electrons. The normalized spacial score (nSPS) is 11.2. The molecule has 5 nitrogen and oxygen atoms in total. The average Bonchev–Trinajstić information content (AvgIpc) is 2.69. The van der Waals surface area contributed by atoms with Crippen LogP contribution in [0.5, 0.6) is 0 Å². The fourth-order valence-corrected chi connectivity index (χ4v) is 4.01. The summed E-state index contributed by atoms with van der Waals surface area (Å²) in [5.74, 6) is -1.20. The lowest BCUT2D eigenvalue weighted by atomic mass is 10.1. The van der Waals surface area contributed by atoms with E-state index < -0.39 is 21.6 Å². The number of halogens is 1. The van der Waals surface area contributed by atoms with Crippen LogP contribution in [0.25, 0.3) is 0 Å². The molecule has 0 aliphatic heterocycles. The summed E-state index contributed by atoms with van der Waals surface area (Å²) in [7, 11) is -4.00. The second-order valence-electron chi connectivity index (χ2n) is 5.78. The van der Waals surface area contributed by atoms with Crippen LogP contribution in [0.15, 0.2) is 76.7 Å². The number of pyridine rings is 1. The maximum atomic E-state index is 13.9. The molecule has 1 heterocycles. The second-order valence-corrected chi connectivity index (χ2v) is 7.69. The van der Waals surface area contributed by atoms with Crippen LogP contribution in [-0.2, 0) is 16.3 Å². The molecule has 3 rings (SSSR count). The van der Waals surface area contributed by atoms with Crippen LogP contribution in [0.3, 0.4) is 0 Å². The zero-order valence-corrected chi connectivity index (χ0v) is 15.3. The highest BCUT2D eigenvalue weighted by Crippen LogP contribution is 2.27. The highest BCUT2D eigenvalue weighted by molar-refractivity contribution is 7.91. The third kappa shape index (κ3) is 3.88. The second kappa shape index (κ2) is 7.67. The Morgan fingerprint density at radius 1 is 1.07 bits per heavy atom. The topological polar surface area (TPSA) is 76.1 Å². The van der Waals surface area contributed by atoms with Crippen molar-refractivity contribution < 1.29 is 17.6 Å². The van der Waals surface area contributed by atoms with Crippen LogP contribution in [0.4, 0.5) is 10.1 Å². The van der Waals surface area contributed by atoms with Gasteiger partial charge in [-0.15, -0.1) is 0 Å². The predicted octanol–water partition coefficient (Wildman–Crippen LogP) is 3.87. The van der Waals surface area contributed by atoms with Gasteiger partial charge >= 0.3 is 0 Å². The first-order valence-corrected chi connectivity index (χ1v) is 9.76. The lowest BCUT2D eigenvalue weighted by Gasteiger charge is -2.12.